The molecule has 7 heteroatoms. The van der Waals surface area contributed by atoms with Crippen LogP contribution >= 0.6 is 0 Å². The second kappa shape index (κ2) is 6.83. The van der Waals surface area contributed by atoms with Gasteiger partial charge in [0.2, 0.25) is 0 Å². The summed E-state index contributed by atoms with van der Waals surface area (Å²) in [6.45, 7) is 5.58. The molecule has 0 saturated carbocycles. The van der Waals surface area contributed by atoms with Gasteiger partial charge in [-0.3, -0.25) is 4.79 Å². The van der Waals surface area contributed by atoms with E-state index in [-0.39, 0.29) is 0 Å². The first-order chi connectivity index (χ1) is 8.18. The van der Waals surface area contributed by atoms with Crippen LogP contribution in [0.4, 0.5) is 4.79 Å². The zero-order valence-electron chi connectivity index (χ0n) is 10.8. The Bertz CT molecular complexity index is 327. The molecule has 7 nitrogen and oxygen atoms in total. The van der Waals surface area contributed by atoms with Gasteiger partial charge in [-0.1, -0.05) is 13.3 Å². The maximum absolute atomic E-state index is 11.6. The number of urea groups is 1. The normalized spacial score (nSPS) is 12.6. The number of amides is 2. The van der Waals surface area contributed by atoms with Gasteiger partial charge in [0, 0.05) is 5.54 Å². The fourth-order valence-corrected chi connectivity index (χ4v) is 1.56. The Balaban J connectivity index is 4.43. The predicted molar refractivity (Wildman–Crippen MR) is 64.3 cm³/mol. The van der Waals surface area contributed by atoms with Crippen molar-refractivity contribution in [1.82, 2.24) is 10.6 Å². The monoisotopic (exact) mass is 260 g/mol. The number of carbonyl (C=O) groups is 3. The minimum absolute atomic E-state index is 0.467. The molecule has 104 valence electrons. The number of rotatable bonds is 7. The Kier molecular flexibility index (Phi) is 6.15. The van der Waals surface area contributed by atoms with E-state index in [1.165, 1.54) is 0 Å². The van der Waals surface area contributed by atoms with Gasteiger partial charge in [0.25, 0.3) is 0 Å². The van der Waals surface area contributed by atoms with Gasteiger partial charge in [-0.2, -0.15) is 0 Å². The lowest BCUT2D eigenvalue weighted by atomic mass is 9.99. The quantitative estimate of drug-likeness (QED) is 0.540. The van der Waals surface area contributed by atoms with Gasteiger partial charge in [0.05, 0.1) is 6.42 Å². The van der Waals surface area contributed by atoms with E-state index in [0.29, 0.717) is 0 Å². The molecular weight excluding hydrogens is 240 g/mol. The van der Waals surface area contributed by atoms with E-state index in [2.05, 4.69) is 10.6 Å². The molecule has 0 rings (SSSR count). The van der Waals surface area contributed by atoms with Crippen molar-refractivity contribution in [2.75, 3.05) is 0 Å². The first-order valence-electron chi connectivity index (χ1n) is 5.71. The standard InChI is InChI=1S/C11H20N2O5/c1-4-5-11(2,3)13-10(18)12-7(9(16)17)6-8(14)15/h7H,4-6H2,1-3H3,(H,14,15)(H,16,17)(H2,12,13,18). The summed E-state index contributed by atoms with van der Waals surface area (Å²) >= 11 is 0. The highest BCUT2D eigenvalue weighted by Crippen LogP contribution is 2.10. The van der Waals surface area contributed by atoms with Crippen molar-refractivity contribution in [3.63, 3.8) is 0 Å². The van der Waals surface area contributed by atoms with Crippen molar-refractivity contribution in [3.8, 4) is 0 Å². The van der Waals surface area contributed by atoms with Gasteiger partial charge in [-0.25, -0.2) is 9.59 Å². The van der Waals surface area contributed by atoms with Crippen molar-refractivity contribution >= 4 is 18.0 Å². The molecule has 0 spiro atoms. The molecule has 0 aliphatic rings. The van der Waals surface area contributed by atoms with E-state index in [1.807, 2.05) is 20.8 Å². The number of aliphatic carboxylic acids is 2. The molecule has 2 amide bonds. The molecule has 1 atom stereocenters. The van der Waals surface area contributed by atoms with Crippen LogP contribution in [0.3, 0.4) is 0 Å². The number of nitrogens with one attached hydrogen (secondary N) is 2. The first-order valence-corrected chi connectivity index (χ1v) is 5.71. The van der Waals surface area contributed by atoms with Crippen LogP contribution in [-0.2, 0) is 9.59 Å². The van der Waals surface area contributed by atoms with Crippen molar-refractivity contribution in [3.05, 3.63) is 0 Å². The lowest BCUT2D eigenvalue weighted by molar-refractivity contribution is -0.145. The maximum atomic E-state index is 11.6. The molecule has 0 saturated heterocycles. The van der Waals surface area contributed by atoms with Crippen LogP contribution in [0.1, 0.15) is 40.0 Å². The molecule has 4 N–H and O–H groups in total. The molecule has 0 bridgehead atoms. The minimum Gasteiger partial charge on any atom is -0.481 e. The van der Waals surface area contributed by atoms with E-state index < -0.39 is 36.0 Å². The van der Waals surface area contributed by atoms with E-state index in [9.17, 15) is 14.4 Å². The summed E-state index contributed by atoms with van der Waals surface area (Å²) in [5.41, 5.74) is -0.467. The van der Waals surface area contributed by atoms with E-state index in [0.717, 1.165) is 12.8 Å². The number of carboxylic acids is 2. The molecule has 0 aromatic heterocycles. The van der Waals surface area contributed by atoms with Crippen LogP contribution in [0.2, 0.25) is 0 Å². The van der Waals surface area contributed by atoms with Crippen molar-refractivity contribution in [1.29, 1.82) is 0 Å². The summed E-state index contributed by atoms with van der Waals surface area (Å²) in [4.78, 5) is 32.8. The lowest BCUT2D eigenvalue weighted by Gasteiger charge is -2.26. The van der Waals surface area contributed by atoms with Crippen LogP contribution < -0.4 is 10.6 Å². The largest absolute Gasteiger partial charge is 0.481 e. The van der Waals surface area contributed by atoms with Crippen molar-refractivity contribution in [2.45, 2.75) is 51.6 Å². The van der Waals surface area contributed by atoms with Gasteiger partial charge < -0.3 is 20.8 Å². The van der Waals surface area contributed by atoms with Crippen LogP contribution in [0.25, 0.3) is 0 Å². The van der Waals surface area contributed by atoms with Crippen molar-refractivity contribution in [2.24, 2.45) is 0 Å². The summed E-state index contributed by atoms with van der Waals surface area (Å²) in [6, 6.07) is -2.11. The molecule has 0 aromatic carbocycles. The van der Waals surface area contributed by atoms with E-state index in [1.54, 1.807) is 0 Å². The Morgan fingerprint density at radius 2 is 1.78 bits per heavy atom. The third kappa shape index (κ3) is 6.72. The highest BCUT2D eigenvalue weighted by molar-refractivity contribution is 5.86. The van der Waals surface area contributed by atoms with Crippen molar-refractivity contribution < 1.29 is 24.6 Å². The van der Waals surface area contributed by atoms with Gasteiger partial charge >= 0.3 is 18.0 Å². The summed E-state index contributed by atoms with van der Waals surface area (Å²) in [7, 11) is 0. The Morgan fingerprint density at radius 3 is 2.17 bits per heavy atom. The average molecular weight is 260 g/mol. The number of hydrogen-bond acceptors (Lipinski definition) is 3. The van der Waals surface area contributed by atoms with E-state index >= 15 is 0 Å². The fraction of sp³-hybridized carbons (Fsp3) is 0.727. The second-order valence-corrected chi connectivity index (χ2v) is 4.72. The predicted octanol–water partition coefficient (Wildman–Crippen LogP) is 0.792. The third-order valence-electron chi connectivity index (χ3n) is 2.31. The molecule has 0 radical (unpaired) electrons. The second-order valence-electron chi connectivity index (χ2n) is 4.72. The van der Waals surface area contributed by atoms with Gasteiger partial charge in [0.1, 0.15) is 6.04 Å². The third-order valence-corrected chi connectivity index (χ3v) is 2.31. The summed E-state index contributed by atoms with van der Waals surface area (Å²) in [5.74, 6) is -2.66. The Morgan fingerprint density at radius 1 is 1.22 bits per heavy atom. The highest BCUT2D eigenvalue weighted by atomic mass is 16.4. The Labute approximate surface area is 106 Å². The van der Waals surface area contributed by atoms with Gasteiger partial charge in [-0.05, 0) is 20.3 Å². The van der Waals surface area contributed by atoms with Crippen LogP contribution in [-0.4, -0.2) is 39.8 Å². The average Bonchev–Trinajstić information content (AvgIpc) is 2.14. The zero-order valence-corrected chi connectivity index (χ0v) is 10.8. The topological polar surface area (TPSA) is 116 Å². The molecule has 0 aliphatic carbocycles. The van der Waals surface area contributed by atoms with Crippen LogP contribution in [0, 0.1) is 0 Å². The van der Waals surface area contributed by atoms with E-state index in [4.69, 9.17) is 10.2 Å². The number of carboxylic acid groups (broad SMARTS) is 2. The van der Waals surface area contributed by atoms with Crippen LogP contribution in [0.5, 0.6) is 0 Å². The summed E-state index contributed by atoms with van der Waals surface area (Å²) in [6.07, 6.45) is 0.943. The SMILES string of the molecule is CCCC(C)(C)NC(=O)NC(CC(=O)O)C(=O)O. The maximum Gasteiger partial charge on any atom is 0.326 e. The molecule has 0 aliphatic heterocycles. The molecule has 0 fully saturated rings. The summed E-state index contributed by atoms with van der Waals surface area (Å²) in [5, 5.41) is 22.0. The lowest BCUT2D eigenvalue weighted by Crippen LogP contribution is -2.53. The molecule has 0 heterocycles. The number of hydrogen-bond donors (Lipinski definition) is 4. The molecule has 0 aromatic rings. The summed E-state index contributed by atoms with van der Waals surface area (Å²) < 4.78 is 0. The van der Waals surface area contributed by atoms with Crippen LogP contribution in [0.15, 0.2) is 0 Å². The first kappa shape index (κ1) is 16.2. The number of carbonyl (C=O) groups excluding carboxylic acids is 1. The highest BCUT2D eigenvalue weighted by Gasteiger charge is 2.25. The Hall–Kier alpha value is -1.79. The molecule has 18 heavy (non-hydrogen) atoms. The molecular formula is C11H20N2O5. The molecule has 1 unspecified atom stereocenters. The smallest absolute Gasteiger partial charge is 0.326 e. The van der Waals surface area contributed by atoms with Gasteiger partial charge in [0.15, 0.2) is 0 Å². The fourth-order valence-electron chi connectivity index (χ4n) is 1.56. The van der Waals surface area contributed by atoms with Gasteiger partial charge in [-0.15, -0.1) is 0 Å². The zero-order chi connectivity index (χ0) is 14.3. The minimum atomic E-state index is -1.43.